The molecule has 0 bridgehead atoms. The Morgan fingerprint density at radius 1 is 1.03 bits per heavy atom. The van der Waals surface area contributed by atoms with E-state index < -0.39 is 15.1 Å². The van der Waals surface area contributed by atoms with E-state index in [-0.39, 0.29) is 4.90 Å². The standard InChI is InChI=1S/C22H23ClN2O2S2/c1-15-6-5-7-16(2)21(15)19-14-28-22(24-19)25-12-10-17(11-13-25)29(26,27)20-9-4-3-8-18(20)23/h3-9,14,17H,10-13H2,1-2H3. The highest BCUT2D eigenvalue weighted by molar-refractivity contribution is 7.92. The number of nitrogens with zero attached hydrogens (tertiary/aromatic N) is 2. The maximum atomic E-state index is 13.0. The Hall–Kier alpha value is -1.89. The molecule has 4 nitrogen and oxygen atoms in total. The van der Waals surface area contributed by atoms with Crippen LogP contribution in [0.25, 0.3) is 11.3 Å². The first-order chi connectivity index (χ1) is 13.9. The largest absolute Gasteiger partial charge is 0.348 e. The summed E-state index contributed by atoms with van der Waals surface area (Å²) in [5.41, 5.74) is 4.61. The summed E-state index contributed by atoms with van der Waals surface area (Å²) in [5, 5.41) is 2.94. The number of hydrogen-bond acceptors (Lipinski definition) is 5. The molecule has 152 valence electrons. The maximum Gasteiger partial charge on any atom is 0.185 e. The SMILES string of the molecule is Cc1cccc(C)c1-c1csc(N2CCC(S(=O)(=O)c3ccccc3Cl)CC2)n1. The molecule has 0 aliphatic carbocycles. The molecule has 4 rings (SSSR count). The predicted octanol–water partition coefficient (Wildman–Crippen LogP) is 5.52. The number of aromatic nitrogens is 1. The number of aryl methyl sites for hydroxylation is 2. The molecule has 2 heterocycles. The minimum Gasteiger partial charge on any atom is -0.348 e. The zero-order valence-electron chi connectivity index (χ0n) is 16.4. The van der Waals surface area contributed by atoms with Crippen molar-refractivity contribution in [3.63, 3.8) is 0 Å². The molecule has 1 fully saturated rings. The van der Waals surface area contributed by atoms with Crippen molar-refractivity contribution in [1.82, 2.24) is 4.98 Å². The number of piperidine rings is 1. The van der Waals surface area contributed by atoms with Crippen LogP contribution in [0, 0.1) is 13.8 Å². The third-order valence-corrected chi connectivity index (χ3v) is 9.19. The average Bonchev–Trinajstić information content (AvgIpc) is 3.18. The summed E-state index contributed by atoms with van der Waals surface area (Å²) in [4.78, 5) is 7.30. The van der Waals surface area contributed by atoms with E-state index in [0.29, 0.717) is 31.0 Å². The van der Waals surface area contributed by atoms with Crippen LogP contribution in [0.2, 0.25) is 5.02 Å². The maximum absolute atomic E-state index is 13.0. The number of rotatable bonds is 4. The van der Waals surface area contributed by atoms with Crippen molar-refractivity contribution in [3.8, 4) is 11.3 Å². The van der Waals surface area contributed by atoms with E-state index in [0.717, 1.165) is 10.8 Å². The van der Waals surface area contributed by atoms with Crippen LogP contribution < -0.4 is 4.90 Å². The second-order valence-corrected chi connectivity index (χ2v) is 10.9. The molecule has 1 aliphatic rings. The molecule has 7 heteroatoms. The Balaban J connectivity index is 1.50. The van der Waals surface area contributed by atoms with E-state index in [2.05, 4.69) is 42.3 Å². The minimum absolute atomic E-state index is 0.242. The van der Waals surface area contributed by atoms with Gasteiger partial charge in [0.05, 0.1) is 20.9 Å². The molecule has 1 aliphatic heterocycles. The van der Waals surface area contributed by atoms with Crippen LogP contribution >= 0.6 is 22.9 Å². The summed E-state index contributed by atoms with van der Waals surface area (Å²) in [5.74, 6) is 0. The molecule has 1 aromatic heterocycles. The van der Waals surface area contributed by atoms with E-state index in [9.17, 15) is 8.42 Å². The van der Waals surface area contributed by atoms with Gasteiger partial charge in [-0.2, -0.15) is 0 Å². The van der Waals surface area contributed by atoms with Gasteiger partial charge in [0.25, 0.3) is 0 Å². The van der Waals surface area contributed by atoms with Gasteiger partial charge in [0.2, 0.25) is 0 Å². The Morgan fingerprint density at radius 3 is 2.34 bits per heavy atom. The Morgan fingerprint density at radius 2 is 1.69 bits per heavy atom. The quantitative estimate of drug-likeness (QED) is 0.529. The van der Waals surface area contributed by atoms with E-state index in [4.69, 9.17) is 16.6 Å². The van der Waals surface area contributed by atoms with Crippen LogP contribution in [0.3, 0.4) is 0 Å². The van der Waals surface area contributed by atoms with Gasteiger partial charge >= 0.3 is 0 Å². The molecule has 0 atom stereocenters. The molecule has 0 N–H and O–H groups in total. The van der Waals surface area contributed by atoms with Gasteiger partial charge in [-0.25, -0.2) is 13.4 Å². The molecular formula is C22H23ClN2O2S2. The molecule has 3 aromatic rings. The number of hydrogen-bond donors (Lipinski definition) is 0. The molecule has 0 amide bonds. The number of anilines is 1. The first kappa shape index (κ1) is 20.4. The van der Waals surface area contributed by atoms with Crippen LogP contribution in [0.15, 0.2) is 52.7 Å². The normalized spacial score (nSPS) is 15.6. The fourth-order valence-corrected chi connectivity index (χ4v) is 7.08. The van der Waals surface area contributed by atoms with Gasteiger partial charge in [0, 0.05) is 24.0 Å². The molecule has 0 radical (unpaired) electrons. The highest BCUT2D eigenvalue weighted by Gasteiger charge is 2.33. The Kier molecular flexibility index (Phi) is 5.69. The highest BCUT2D eigenvalue weighted by Crippen LogP contribution is 2.34. The second kappa shape index (κ2) is 8.09. The van der Waals surface area contributed by atoms with E-state index in [1.165, 1.54) is 16.7 Å². The molecule has 0 spiro atoms. The third-order valence-electron chi connectivity index (χ3n) is 5.52. The van der Waals surface area contributed by atoms with Crippen molar-refractivity contribution >= 4 is 37.9 Å². The van der Waals surface area contributed by atoms with Crippen molar-refractivity contribution < 1.29 is 8.42 Å². The molecule has 2 aromatic carbocycles. The summed E-state index contributed by atoms with van der Waals surface area (Å²) in [6.45, 7) is 5.56. The van der Waals surface area contributed by atoms with Gasteiger partial charge in [-0.1, -0.05) is 41.9 Å². The summed E-state index contributed by atoms with van der Waals surface area (Å²) in [6.07, 6.45) is 1.15. The molecular weight excluding hydrogens is 424 g/mol. The molecule has 0 unspecified atom stereocenters. The number of benzene rings is 2. The van der Waals surface area contributed by atoms with Gasteiger partial charge in [0.15, 0.2) is 15.0 Å². The average molecular weight is 447 g/mol. The summed E-state index contributed by atoms with van der Waals surface area (Å²) in [7, 11) is -3.42. The Labute approximate surface area is 181 Å². The van der Waals surface area contributed by atoms with Gasteiger partial charge in [-0.05, 0) is 49.9 Å². The zero-order chi connectivity index (χ0) is 20.6. The van der Waals surface area contributed by atoms with Crippen molar-refractivity contribution in [2.24, 2.45) is 0 Å². The monoisotopic (exact) mass is 446 g/mol. The third kappa shape index (κ3) is 3.93. The van der Waals surface area contributed by atoms with Crippen LogP contribution in [0.5, 0.6) is 0 Å². The first-order valence-electron chi connectivity index (χ1n) is 9.63. The minimum atomic E-state index is -3.42. The lowest BCUT2D eigenvalue weighted by Crippen LogP contribution is -2.39. The second-order valence-electron chi connectivity index (χ2n) is 7.44. The molecule has 1 saturated heterocycles. The van der Waals surface area contributed by atoms with E-state index >= 15 is 0 Å². The van der Waals surface area contributed by atoms with E-state index in [1.807, 2.05) is 0 Å². The van der Waals surface area contributed by atoms with Crippen LogP contribution in [0.4, 0.5) is 5.13 Å². The van der Waals surface area contributed by atoms with Gasteiger partial charge in [0.1, 0.15) is 0 Å². The van der Waals surface area contributed by atoms with Crippen LogP contribution in [0.1, 0.15) is 24.0 Å². The van der Waals surface area contributed by atoms with Crippen molar-refractivity contribution in [2.45, 2.75) is 36.8 Å². The summed E-state index contributed by atoms with van der Waals surface area (Å²) < 4.78 is 26.0. The number of sulfone groups is 1. The predicted molar refractivity (Wildman–Crippen MR) is 121 cm³/mol. The number of halogens is 1. The van der Waals surface area contributed by atoms with Crippen molar-refractivity contribution in [1.29, 1.82) is 0 Å². The topological polar surface area (TPSA) is 50.3 Å². The van der Waals surface area contributed by atoms with E-state index in [1.54, 1.807) is 35.6 Å². The molecule has 0 saturated carbocycles. The van der Waals surface area contributed by atoms with Gasteiger partial charge in [-0.15, -0.1) is 11.3 Å². The fourth-order valence-electron chi connectivity index (χ4n) is 3.96. The molecule has 29 heavy (non-hydrogen) atoms. The lowest BCUT2D eigenvalue weighted by atomic mass is 10.0. The van der Waals surface area contributed by atoms with Gasteiger partial charge in [-0.3, -0.25) is 0 Å². The summed E-state index contributed by atoms with van der Waals surface area (Å²) >= 11 is 7.76. The van der Waals surface area contributed by atoms with Crippen LogP contribution in [-0.2, 0) is 9.84 Å². The lowest BCUT2D eigenvalue weighted by molar-refractivity contribution is 0.529. The first-order valence-corrected chi connectivity index (χ1v) is 12.4. The zero-order valence-corrected chi connectivity index (χ0v) is 18.8. The van der Waals surface area contributed by atoms with Crippen molar-refractivity contribution in [2.75, 3.05) is 18.0 Å². The Bertz CT molecular complexity index is 1110. The van der Waals surface area contributed by atoms with Gasteiger partial charge < -0.3 is 4.90 Å². The lowest BCUT2D eigenvalue weighted by Gasteiger charge is -2.31. The smallest absolute Gasteiger partial charge is 0.185 e. The van der Waals surface area contributed by atoms with Crippen molar-refractivity contribution in [3.05, 3.63) is 64.0 Å². The highest BCUT2D eigenvalue weighted by atomic mass is 35.5. The number of thiazole rings is 1. The van der Waals surface area contributed by atoms with Crippen LogP contribution in [-0.4, -0.2) is 31.7 Å². The fraction of sp³-hybridized carbons (Fsp3) is 0.318. The summed E-state index contributed by atoms with van der Waals surface area (Å²) in [6, 6.07) is 13.0.